The molecule has 0 aliphatic carbocycles. The van der Waals surface area contributed by atoms with Gasteiger partial charge in [-0.15, -0.1) is 10.2 Å². The number of carbonyl (C=O) groups excluding carboxylic acids is 1. The van der Waals surface area contributed by atoms with Gasteiger partial charge in [-0.1, -0.05) is 11.8 Å². The lowest BCUT2D eigenvalue weighted by Crippen LogP contribution is -2.20. The van der Waals surface area contributed by atoms with Crippen LogP contribution in [0.1, 0.15) is 12.5 Å². The van der Waals surface area contributed by atoms with Crippen LogP contribution >= 0.6 is 11.8 Å². The van der Waals surface area contributed by atoms with Gasteiger partial charge >= 0.3 is 0 Å². The number of aromatic hydroxyl groups is 2. The summed E-state index contributed by atoms with van der Waals surface area (Å²) in [7, 11) is 3.14. The van der Waals surface area contributed by atoms with Gasteiger partial charge in [0.1, 0.15) is 11.5 Å². The summed E-state index contributed by atoms with van der Waals surface area (Å²) in [6, 6.07) is 9.57. The zero-order chi connectivity index (χ0) is 23.1. The van der Waals surface area contributed by atoms with Crippen molar-refractivity contribution < 1.29 is 24.5 Å². The Morgan fingerprint density at radius 1 is 1.16 bits per heavy atom. The van der Waals surface area contributed by atoms with Crippen LogP contribution in [0, 0.1) is 0 Å². The zero-order valence-electron chi connectivity index (χ0n) is 17.8. The van der Waals surface area contributed by atoms with E-state index in [2.05, 4.69) is 20.7 Å². The average Bonchev–Trinajstić information content (AvgIpc) is 3.21. The summed E-state index contributed by atoms with van der Waals surface area (Å²) in [5.41, 5.74) is 3.57. The molecule has 0 saturated heterocycles. The number of phenols is 2. The monoisotopic (exact) mass is 457 g/mol. The van der Waals surface area contributed by atoms with Gasteiger partial charge in [0.15, 0.2) is 22.5 Å². The number of hydrogen-bond acceptors (Lipinski definition) is 9. The van der Waals surface area contributed by atoms with E-state index >= 15 is 0 Å². The zero-order valence-corrected chi connectivity index (χ0v) is 18.6. The van der Waals surface area contributed by atoms with Gasteiger partial charge < -0.3 is 24.3 Å². The predicted octanol–water partition coefficient (Wildman–Crippen LogP) is 2.64. The van der Waals surface area contributed by atoms with Crippen LogP contribution in [0.15, 0.2) is 46.7 Å². The fourth-order valence-corrected chi connectivity index (χ4v) is 3.64. The Bertz CT molecular complexity index is 1130. The third-order valence-electron chi connectivity index (χ3n) is 4.41. The average molecular weight is 458 g/mol. The van der Waals surface area contributed by atoms with Crippen LogP contribution in [0.3, 0.4) is 0 Å². The summed E-state index contributed by atoms with van der Waals surface area (Å²) < 4.78 is 12.5. The molecular weight excluding hydrogens is 434 g/mol. The summed E-state index contributed by atoms with van der Waals surface area (Å²) in [5.74, 6) is 1.37. The first kappa shape index (κ1) is 22.9. The van der Waals surface area contributed by atoms with Crippen LogP contribution in [-0.2, 0) is 11.3 Å². The highest BCUT2D eigenvalue weighted by molar-refractivity contribution is 7.99. The molecule has 0 fully saturated rings. The highest BCUT2D eigenvalue weighted by atomic mass is 32.2. The topological polar surface area (TPSA) is 131 Å². The third-order valence-corrected chi connectivity index (χ3v) is 5.38. The number of thioether (sulfide) groups is 1. The molecule has 3 rings (SSSR count). The van der Waals surface area contributed by atoms with Gasteiger partial charge in [0, 0.05) is 23.7 Å². The van der Waals surface area contributed by atoms with E-state index in [0.29, 0.717) is 34.6 Å². The largest absolute Gasteiger partial charge is 0.508 e. The molecule has 0 saturated carbocycles. The lowest BCUT2D eigenvalue weighted by molar-refractivity contribution is -0.118. The fraction of sp³-hybridized carbons (Fsp3) is 0.238. The second kappa shape index (κ2) is 10.5. The first-order valence-electron chi connectivity index (χ1n) is 9.59. The molecule has 1 heterocycles. The maximum Gasteiger partial charge on any atom is 0.250 e. The Morgan fingerprint density at radius 2 is 1.94 bits per heavy atom. The Kier molecular flexibility index (Phi) is 7.55. The first-order chi connectivity index (χ1) is 15.5. The summed E-state index contributed by atoms with van der Waals surface area (Å²) in [4.78, 5) is 12.1. The molecule has 0 unspecified atom stereocenters. The minimum absolute atomic E-state index is 0.0624. The smallest absolute Gasteiger partial charge is 0.250 e. The van der Waals surface area contributed by atoms with Gasteiger partial charge in [-0.25, -0.2) is 5.43 Å². The maximum atomic E-state index is 12.1. The highest BCUT2D eigenvalue weighted by Crippen LogP contribution is 2.32. The van der Waals surface area contributed by atoms with Crippen molar-refractivity contribution in [3.8, 4) is 34.4 Å². The number of aromatic nitrogens is 3. The number of carbonyl (C=O) groups is 1. The van der Waals surface area contributed by atoms with Crippen LogP contribution in [-0.4, -0.2) is 57.1 Å². The van der Waals surface area contributed by atoms with Crippen molar-refractivity contribution in [2.45, 2.75) is 18.6 Å². The number of ether oxygens (including phenoxy) is 2. The van der Waals surface area contributed by atoms with Crippen molar-refractivity contribution in [3.05, 3.63) is 42.0 Å². The molecule has 0 aliphatic rings. The summed E-state index contributed by atoms with van der Waals surface area (Å²) >= 11 is 1.23. The fourth-order valence-electron chi connectivity index (χ4n) is 2.85. The second-order valence-electron chi connectivity index (χ2n) is 6.45. The molecule has 32 heavy (non-hydrogen) atoms. The van der Waals surface area contributed by atoms with Crippen LogP contribution in [0.25, 0.3) is 11.4 Å². The lowest BCUT2D eigenvalue weighted by Gasteiger charge is -2.10. The van der Waals surface area contributed by atoms with Gasteiger partial charge in [0.2, 0.25) is 0 Å². The quantitative estimate of drug-likeness (QED) is 0.254. The molecule has 0 aliphatic heterocycles. The van der Waals surface area contributed by atoms with Gasteiger partial charge in [-0.2, -0.15) is 5.10 Å². The number of hydrogen-bond donors (Lipinski definition) is 3. The summed E-state index contributed by atoms with van der Waals surface area (Å²) in [6.45, 7) is 2.57. The minimum Gasteiger partial charge on any atom is -0.508 e. The Hall–Kier alpha value is -3.73. The van der Waals surface area contributed by atoms with Crippen molar-refractivity contribution in [3.63, 3.8) is 0 Å². The highest BCUT2D eigenvalue weighted by Gasteiger charge is 2.16. The van der Waals surface area contributed by atoms with Gasteiger partial charge in [-0.05, 0) is 37.3 Å². The Balaban J connectivity index is 1.65. The number of benzene rings is 2. The van der Waals surface area contributed by atoms with E-state index in [0.717, 1.165) is 5.56 Å². The molecule has 10 nitrogen and oxygen atoms in total. The number of nitrogens with zero attached hydrogens (tertiary/aromatic N) is 4. The molecule has 0 bridgehead atoms. The number of methoxy groups -OCH3 is 2. The number of hydrazone groups is 1. The molecule has 0 spiro atoms. The molecule has 11 heteroatoms. The van der Waals surface area contributed by atoms with Crippen LogP contribution in [0.4, 0.5) is 0 Å². The number of rotatable bonds is 9. The van der Waals surface area contributed by atoms with Gasteiger partial charge in [0.25, 0.3) is 5.91 Å². The molecular formula is C21H23N5O5S. The third kappa shape index (κ3) is 5.30. The number of nitrogens with one attached hydrogen (secondary N) is 1. The molecule has 3 aromatic rings. The standard InChI is InChI=1S/C21H23N5O5S/c1-4-26-20(13-6-8-17(30-2)18(9-13)31-3)24-25-21(26)32-12-19(29)23-22-11-14-5-7-15(27)10-16(14)28/h5-11,27-28H,4,12H2,1-3H3,(H,23,29). The van der Waals surface area contributed by atoms with E-state index in [-0.39, 0.29) is 23.2 Å². The van der Waals surface area contributed by atoms with Crippen molar-refractivity contribution in [2.75, 3.05) is 20.0 Å². The normalized spacial score (nSPS) is 11.0. The van der Waals surface area contributed by atoms with Crippen molar-refractivity contribution in [1.82, 2.24) is 20.2 Å². The minimum atomic E-state index is -0.345. The molecule has 3 N–H and O–H groups in total. The molecule has 2 aromatic carbocycles. The van der Waals surface area contributed by atoms with E-state index in [4.69, 9.17) is 9.47 Å². The predicted molar refractivity (Wildman–Crippen MR) is 120 cm³/mol. The molecule has 0 atom stereocenters. The Morgan fingerprint density at radius 3 is 2.62 bits per heavy atom. The SMILES string of the molecule is CCn1c(SCC(=O)NN=Cc2ccc(O)cc2O)nnc1-c1ccc(OC)c(OC)c1. The van der Waals surface area contributed by atoms with Crippen molar-refractivity contribution >= 4 is 23.9 Å². The second-order valence-corrected chi connectivity index (χ2v) is 7.39. The van der Waals surface area contributed by atoms with Gasteiger partial charge in [-0.3, -0.25) is 4.79 Å². The Labute approximate surface area is 188 Å². The summed E-state index contributed by atoms with van der Waals surface area (Å²) in [6.07, 6.45) is 1.29. The van der Waals surface area contributed by atoms with E-state index in [1.54, 1.807) is 20.3 Å². The molecule has 1 aromatic heterocycles. The summed E-state index contributed by atoms with van der Waals surface area (Å²) in [5, 5.41) is 31.9. The van der Waals surface area contributed by atoms with E-state index in [9.17, 15) is 15.0 Å². The molecule has 1 amide bonds. The molecule has 0 radical (unpaired) electrons. The van der Waals surface area contributed by atoms with Gasteiger partial charge in [0.05, 0.1) is 26.2 Å². The molecule has 168 valence electrons. The lowest BCUT2D eigenvalue weighted by atomic mass is 10.2. The first-order valence-corrected chi connectivity index (χ1v) is 10.6. The van der Waals surface area contributed by atoms with E-state index in [1.165, 1.54) is 36.2 Å². The van der Waals surface area contributed by atoms with Crippen molar-refractivity contribution in [2.24, 2.45) is 5.10 Å². The number of phenolic OH excluding ortho intramolecular Hbond substituents is 2. The van der Waals surface area contributed by atoms with Crippen LogP contribution < -0.4 is 14.9 Å². The number of amides is 1. The van der Waals surface area contributed by atoms with E-state index in [1.807, 2.05) is 23.6 Å². The van der Waals surface area contributed by atoms with Crippen LogP contribution in [0.2, 0.25) is 0 Å². The maximum absolute atomic E-state index is 12.1. The van der Waals surface area contributed by atoms with E-state index < -0.39 is 0 Å². The van der Waals surface area contributed by atoms with Crippen molar-refractivity contribution in [1.29, 1.82) is 0 Å². The van der Waals surface area contributed by atoms with Crippen LogP contribution in [0.5, 0.6) is 23.0 Å².